The van der Waals surface area contributed by atoms with Crippen LogP contribution < -0.4 is 0 Å². The molecule has 0 saturated heterocycles. The standard InChI is InChI=1S/C14H22O3S.C7H16/c1-5-14(3,4)9-8-12-10-13(18(15,16)17)7-6-11(12)2;1-5-7(3,4)6-2/h6-7,10H,5,8-9H2,1-4H3,(H,15,16,17);5-6H2,1-4H3. The molecule has 0 saturated carbocycles. The zero-order valence-electron chi connectivity index (χ0n) is 17.4. The zero-order valence-corrected chi connectivity index (χ0v) is 18.3. The monoisotopic (exact) mass is 370 g/mol. The van der Waals surface area contributed by atoms with Crippen molar-refractivity contribution in [1.82, 2.24) is 0 Å². The first kappa shape index (κ1) is 24.1. The second-order valence-electron chi connectivity index (χ2n) is 8.45. The van der Waals surface area contributed by atoms with Crippen LogP contribution in [0, 0.1) is 17.8 Å². The van der Waals surface area contributed by atoms with E-state index in [4.69, 9.17) is 4.55 Å². The van der Waals surface area contributed by atoms with Crippen LogP contribution >= 0.6 is 0 Å². The smallest absolute Gasteiger partial charge is 0.282 e. The molecule has 0 unspecified atom stereocenters. The molecule has 0 aliphatic carbocycles. The van der Waals surface area contributed by atoms with Crippen LogP contribution in [0.4, 0.5) is 0 Å². The van der Waals surface area contributed by atoms with Gasteiger partial charge in [-0.1, -0.05) is 73.8 Å². The van der Waals surface area contributed by atoms with Crippen LogP contribution in [0.2, 0.25) is 0 Å². The maximum atomic E-state index is 11.1. The minimum atomic E-state index is -4.10. The lowest BCUT2D eigenvalue weighted by Crippen LogP contribution is -2.11. The fourth-order valence-corrected chi connectivity index (χ4v) is 2.51. The summed E-state index contributed by atoms with van der Waals surface area (Å²) >= 11 is 0. The Hall–Kier alpha value is -0.870. The molecular formula is C21H38O3S. The van der Waals surface area contributed by atoms with Crippen LogP contribution in [-0.4, -0.2) is 13.0 Å². The fourth-order valence-electron chi connectivity index (χ4n) is 1.98. The van der Waals surface area contributed by atoms with Gasteiger partial charge in [-0.2, -0.15) is 8.42 Å². The Balaban J connectivity index is 0.000000697. The van der Waals surface area contributed by atoms with Gasteiger partial charge in [-0.05, 0) is 53.9 Å². The van der Waals surface area contributed by atoms with Crippen molar-refractivity contribution < 1.29 is 13.0 Å². The number of rotatable bonds is 7. The van der Waals surface area contributed by atoms with E-state index in [9.17, 15) is 8.42 Å². The molecule has 0 atom stereocenters. The van der Waals surface area contributed by atoms with Crippen LogP contribution in [0.25, 0.3) is 0 Å². The molecule has 0 bridgehead atoms. The predicted octanol–water partition coefficient (Wildman–Crippen LogP) is 6.44. The molecule has 1 aromatic rings. The van der Waals surface area contributed by atoms with Crippen LogP contribution in [0.5, 0.6) is 0 Å². The van der Waals surface area contributed by atoms with Gasteiger partial charge in [0.1, 0.15) is 0 Å². The van der Waals surface area contributed by atoms with E-state index in [1.807, 2.05) is 6.92 Å². The van der Waals surface area contributed by atoms with Gasteiger partial charge in [0.25, 0.3) is 10.1 Å². The normalized spacial score (nSPS) is 12.5. The predicted molar refractivity (Wildman–Crippen MR) is 108 cm³/mol. The SMILES string of the molecule is CCC(C)(C)CC.CCC(C)(C)CCc1cc(S(=O)(=O)O)ccc1C. The number of hydrogen-bond acceptors (Lipinski definition) is 2. The van der Waals surface area contributed by atoms with Gasteiger partial charge in [-0.15, -0.1) is 0 Å². The molecule has 146 valence electrons. The highest BCUT2D eigenvalue weighted by Gasteiger charge is 2.17. The molecule has 1 rings (SSSR count). The van der Waals surface area contributed by atoms with Gasteiger partial charge in [0.05, 0.1) is 4.90 Å². The lowest BCUT2D eigenvalue weighted by atomic mass is 9.83. The summed E-state index contributed by atoms with van der Waals surface area (Å²) in [5.41, 5.74) is 2.89. The first-order valence-corrected chi connectivity index (χ1v) is 10.8. The first-order chi connectivity index (χ1) is 11.3. The number of aryl methyl sites for hydroxylation is 2. The van der Waals surface area contributed by atoms with Gasteiger partial charge in [-0.3, -0.25) is 4.55 Å². The summed E-state index contributed by atoms with van der Waals surface area (Å²) in [4.78, 5) is -0.0163. The second-order valence-corrected chi connectivity index (χ2v) is 9.87. The molecule has 0 amide bonds. The molecule has 25 heavy (non-hydrogen) atoms. The van der Waals surface area contributed by atoms with Crippen molar-refractivity contribution in [2.45, 2.75) is 92.4 Å². The van der Waals surface area contributed by atoms with Gasteiger partial charge in [0.15, 0.2) is 0 Å². The van der Waals surface area contributed by atoms with E-state index >= 15 is 0 Å². The molecule has 4 heteroatoms. The summed E-state index contributed by atoms with van der Waals surface area (Å²) in [6.07, 6.45) is 5.51. The summed E-state index contributed by atoms with van der Waals surface area (Å²) in [5, 5.41) is 0. The lowest BCUT2D eigenvalue weighted by molar-refractivity contribution is 0.322. The van der Waals surface area contributed by atoms with Gasteiger partial charge in [-0.25, -0.2) is 0 Å². The van der Waals surface area contributed by atoms with Gasteiger partial charge >= 0.3 is 0 Å². The molecule has 1 aromatic carbocycles. The van der Waals surface area contributed by atoms with Crippen molar-refractivity contribution in [2.75, 3.05) is 0 Å². The Labute approximate surface area is 156 Å². The minimum absolute atomic E-state index is 0.0163. The Bertz CT molecular complexity index is 623. The average Bonchev–Trinajstić information content (AvgIpc) is 2.53. The maximum absolute atomic E-state index is 11.1. The molecule has 0 radical (unpaired) electrons. The molecule has 3 nitrogen and oxygen atoms in total. The van der Waals surface area contributed by atoms with E-state index in [0.717, 1.165) is 30.4 Å². The highest BCUT2D eigenvalue weighted by Crippen LogP contribution is 2.28. The molecule has 0 heterocycles. The number of hydrogen-bond donors (Lipinski definition) is 1. The van der Waals surface area contributed by atoms with Crippen molar-refractivity contribution >= 4 is 10.1 Å². The topological polar surface area (TPSA) is 54.4 Å². The lowest BCUT2D eigenvalue weighted by Gasteiger charge is -2.22. The summed E-state index contributed by atoms with van der Waals surface area (Å²) in [6, 6.07) is 4.77. The van der Waals surface area contributed by atoms with Gasteiger partial charge in [0, 0.05) is 0 Å². The molecule has 0 aliphatic rings. The first-order valence-electron chi connectivity index (χ1n) is 9.35. The molecule has 1 N–H and O–H groups in total. The van der Waals surface area contributed by atoms with E-state index in [1.54, 1.807) is 12.1 Å². The highest BCUT2D eigenvalue weighted by molar-refractivity contribution is 7.85. The quantitative estimate of drug-likeness (QED) is 0.562. The van der Waals surface area contributed by atoms with Crippen molar-refractivity contribution in [1.29, 1.82) is 0 Å². The third-order valence-electron chi connectivity index (χ3n) is 5.56. The molecule has 0 fully saturated rings. The Morgan fingerprint density at radius 2 is 1.40 bits per heavy atom. The third kappa shape index (κ3) is 9.41. The Morgan fingerprint density at radius 1 is 0.920 bits per heavy atom. The summed E-state index contributed by atoms with van der Waals surface area (Å²) in [7, 11) is -4.10. The van der Waals surface area contributed by atoms with E-state index < -0.39 is 10.1 Å². The maximum Gasteiger partial charge on any atom is 0.294 e. The molecule has 0 aliphatic heterocycles. The van der Waals surface area contributed by atoms with Gasteiger partial charge in [0.2, 0.25) is 0 Å². The van der Waals surface area contributed by atoms with Crippen LogP contribution in [-0.2, 0) is 16.5 Å². The third-order valence-corrected chi connectivity index (χ3v) is 6.41. The summed E-state index contributed by atoms with van der Waals surface area (Å²) < 4.78 is 31.3. The molecule has 0 aromatic heterocycles. The summed E-state index contributed by atoms with van der Waals surface area (Å²) in [5.74, 6) is 0. The highest BCUT2D eigenvalue weighted by atomic mass is 32.2. The van der Waals surface area contributed by atoms with Crippen molar-refractivity contribution in [2.24, 2.45) is 10.8 Å². The Kier molecular flexibility index (Phi) is 9.39. The van der Waals surface area contributed by atoms with E-state index in [2.05, 4.69) is 48.5 Å². The van der Waals surface area contributed by atoms with Crippen LogP contribution in [0.1, 0.15) is 85.3 Å². The fraction of sp³-hybridized carbons (Fsp3) is 0.714. The average molecular weight is 371 g/mol. The molecular weight excluding hydrogens is 332 g/mol. The van der Waals surface area contributed by atoms with Crippen molar-refractivity contribution in [3.8, 4) is 0 Å². The number of benzene rings is 1. The molecule has 0 spiro atoms. The largest absolute Gasteiger partial charge is 0.294 e. The second kappa shape index (κ2) is 9.72. The Morgan fingerprint density at radius 3 is 1.76 bits per heavy atom. The van der Waals surface area contributed by atoms with E-state index in [-0.39, 0.29) is 10.3 Å². The summed E-state index contributed by atoms with van der Waals surface area (Å²) in [6.45, 7) is 17.6. The van der Waals surface area contributed by atoms with E-state index in [1.165, 1.54) is 18.9 Å². The van der Waals surface area contributed by atoms with E-state index in [0.29, 0.717) is 5.41 Å². The zero-order chi connectivity index (χ0) is 19.9. The van der Waals surface area contributed by atoms with Gasteiger partial charge < -0.3 is 0 Å². The van der Waals surface area contributed by atoms with Crippen LogP contribution in [0.3, 0.4) is 0 Å². The minimum Gasteiger partial charge on any atom is -0.282 e. The van der Waals surface area contributed by atoms with Crippen molar-refractivity contribution in [3.05, 3.63) is 29.3 Å². The van der Waals surface area contributed by atoms with Crippen molar-refractivity contribution in [3.63, 3.8) is 0 Å². The van der Waals surface area contributed by atoms with Crippen LogP contribution in [0.15, 0.2) is 23.1 Å².